The second kappa shape index (κ2) is 7.41. The molecule has 1 heterocycles. The van der Waals surface area contributed by atoms with Crippen molar-refractivity contribution in [2.24, 2.45) is 11.3 Å². The van der Waals surface area contributed by atoms with E-state index in [1.165, 1.54) is 6.07 Å². The van der Waals surface area contributed by atoms with Gasteiger partial charge in [-0.05, 0) is 62.9 Å². The summed E-state index contributed by atoms with van der Waals surface area (Å²) < 4.78 is 44.1. The van der Waals surface area contributed by atoms with Crippen LogP contribution in [0.1, 0.15) is 31.7 Å². The highest BCUT2D eigenvalue weighted by atomic mass is 35.5. The van der Waals surface area contributed by atoms with Gasteiger partial charge in [0.05, 0.1) is 17.9 Å². The predicted octanol–water partition coefficient (Wildman–Crippen LogP) is 3.85. The maximum Gasteiger partial charge on any atom is 0.416 e. The quantitative estimate of drug-likeness (QED) is 0.836. The molecule has 1 saturated heterocycles. The monoisotopic (exact) mass is 378 g/mol. The Bertz CT molecular complexity index is 631. The van der Waals surface area contributed by atoms with Crippen molar-refractivity contribution < 1.29 is 22.7 Å². The van der Waals surface area contributed by atoms with E-state index >= 15 is 0 Å². The average molecular weight is 379 g/mol. The van der Waals surface area contributed by atoms with E-state index in [1.807, 2.05) is 0 Å². The van der Waals surface area contributed by atoms with Crippen LogP contribution in [0.3, 0.4) is 0 Å². The van der Waals surface area contributed by atoms with Gasteiger partial charge in [0, 0.05) is 5.92 Å². The maximum absolute atomic E-state index is 12.9. The van der Waals surface area contributed by atoms with Crippen LogP contribution in [-0.4, -0.2) is 25.6 Å². The lowest BCUT2D eigenvalue weighted by Crippen LogP contribution is -2.31. The fourth-order valence-corrected chi connectivity index (χ4v) is 3.50. The van der Waals surface area contributed by atoms with Crippen LogP contribution in [0.2, 0.25) is 0 Å². The number of hydrogen-bond donors (Lipinski definition) is 2. The van der Waals surface area contributed by atoms with Crippen molar-refractivity contribution in [2.45, 2.75) is 32.4 Å². The minimum atomic E-state index is -4.46. The number of nitrogens with one attached hydrogen (secondary N) is 2. The van der Waals surface area contributed by atoms with Crippen LogP contribution in [0, 0.1) is 11.3 Å². The molecule has 140 valence electrons. The van der Waals surface area contributed by atoms with E-state index in [0.29, 0.717) is 6.61 Å². The Kier molecular flexibility index (Phi) is 5.89. The maximum atomic E-state index is 12.9. The van der Waals surface area contributed by atoms with Gasteiger partial charge in [-0.3, -0.25) is 4.79 Å². The molecule has 1 saturated carbocycles. The summed E-state index contributed by atoms with van der Waals surface area (Å²) in [4.78, 5) is 12.5. The van der Waals surface area contributed by atoms with E-state index in [-0.39, 0.29) is 41.1 Å². The summed E-state index contributed by atoms with van der Waals surface area (Å²) in [7, 11) is 0. The second-order valence-electron chi connectivity index (χ2n) is 6.50. The Balaban J connectivity index is 0.00000225. The number of carbonyl (C=O) groups is 1. The third kappa shape index (κ3) is 4.20. The number of halogens is 4. The molecule has 1 atom stereocenters. The molecular formula is C17H22ClF3N2O2. The predicted molar refractivity (Wildman–Crippen MR) is 91.1 cm³/mol. The molecule has 0 bridgehead atoms. The van der Waals surface area contributed by atoms with Crippen LogP contribution in [-0.2, 0) is 11.0 Å². The normalized spacial score (nSPS) is 21.4. The molecule has 8 heteroatoms. The van der Waals surface area contributed by atoms with E-state index in [4.69, 9.17) is 4.74 Å². The summed E-state index contributed by atoms with van der Waals surface area (Å²) in [6, 6.07) is 3.17. The zero-order valence-electron chi connectivity index (χ0n) is 13.9. The third-order valence-electron chi connectivity index (χ3n) is 4.97. The molecule has 2 aliphatic rings. The lowest BCUT2D eigenvalue weighted by atomic mass is 9.92. The van der Waals surface area contributed by atoms with Crippen molar-refractivity contribution in [2.75, 3.05) is 25.0 Å². The summed E-state index contributed by atoms with van der Waals surface area (Å²) in [5.41, 5.74) is -0.677. The standard InChI is InChI=1S/C17H21F3N2O2.ClH/c1-2-24-14-4-3-11(17(18,19)20)9-13(14)22-15(23)12-10-16(12)5-7-21-8-6-16;/h3-4,9,12,21H,2,5-8,10H2,1H3,(H,22,23);1H. The van der Waals surface area contributed by atoms with Gasteiger partial charge in [0.25, 0.3) is 0 Å². The molecule has 2 fully saturated rings. The van der Waals surface area contributed by atoms with Crippen molar-refractivity contribution in [1.29, 1.82) is 0 Å². The molecule has 3 rings (SSSR count). The first kappa shape index (κ1) is 19.8. The van der Waals surface area contributed by atoms with Gasteiger partial charge in [0.2, 0.25) is 5.91 Å². The van der Waals surface area contributed by atoms with Gasteiger partial charge < -0.3 is 15.4 Å². The summed E-state index contributed by atoms with van der Waals surface area (Å²) in [6.45, 7) is 3.83. The molecule has 1 spiro atoms. The molecule has 1 aliphatic heterocycles. The number of ether oxygens (including phenoxy) is 1. The van der Waals surface area contributed by atoms with Crippen LogP contribution in [0.25, 0.3) is 0 Å². The molecular weight excluding hydrogens is 357 g/mol. The smallest absolute Gasteiger partial charge is 0.416 e. The fourth-order valence-electron chi connectivity index (χ4n) is 3.50. The zero-order valence-corrected chi connectivity index (χ0v) is 14.7. The molecule has 1 aromatic carbocycles. The van der Waals surface area contributed by atoms with Crippen molar-refractivity contribution in [3.8, 4) is 5.75 Å². The van der Waals surface area contributed by atoms with E-state index < -0.39 is 11.7 Å². The first-order valence-electron chi connectivity index (χ1n) is 8.21. The molecule has 1 aromatic rings. The van der Waals surface area contributed by atoms with Crippen LogP contribution in [0.5, 0.6) is 5.75 Å². The Morgan fingerprint density at radius 2 is 2.04 bits per heavy atom. The van der Waals surface area contributed by atoms with Gasteiger partial charge in [-0.1, -0.05) is 0 Å². The summed E-state index contributed by atoms with van der Waals surface area (Å²) in [5, 5.41) is 5.92. The second-order valence-corrected chi connectivity index (χ2v) is 6.50. The summed E-state index contributed by atoms with van der Waals surface area (Å²) in [5.74, 6) is -0.0698. The topological polar surface area (TPSA) is 50.4 Å². The highest BCUT2D eigenvalue weighted by Gasteiger charge is 2.57. The Hall–Kier alpha value is -1.47. The van der Waals surface area contributed by atoms with Crippen molar-refractivity contribution in [3.63, 3.8) is 0 Å². The zero-order chi connectivity index (χ0) is 17.4. The van der Waals surface area contributed by atoms with Crippen LogP contribution in [0.4, 0.5) is 18.9 Å². The number of piperidine rings is 1. The van der Waals surface area contributed by atoms with E-state index in [2.05, 4.69) is 10.6 Å². The van der Waals surface area contributed by atoms with Gasteiger partial charge in [-0.15, -0.1) is 12.4 Å². The lowest BCUT2D eigenvalue weighted by molar-refractivity contribution is -0.137. The summed E-state index contributed by atoms with van der Waals surface area (Å²) in [6.07, 6.45) is -1.78. The molecule has 0 radical (unpaired) electrons. The van der Waals surface area contributed by atoms with Crippen molar-refractivity contribution in [1.82, 2.24) is 5.32 Å². The average Bonchev–Trinajstić information content (AvgIpc) is 3.22. The van der Waals surface area contributed by atoms with Gasteiger partial charge in [0.15, 0.2) is 0 Å². The fraction of sp³-hybridized carbons (Fsp3) is 0.588. The van der Waals surface area contributed by atoms with Gasteiger partial charge >= 0.3 is 6.18 Å². The van der Waals surface area contributed by atoms with Gasteiger partial charge in [0.1, 0.15) is 5.75 Å². The third-order valence-corrected chi connectivity index (χ3v) is 4.97. The highest BCUT2D eigenvalue weighted by Crippen LogP contribution is 2.59. The number of amides is 1. The molecule has 1 unspecified atom stereocenters. The van der Waals surface area contributed by atoms with Crippen LogP contribution < -0.4 is 15.4 Å². The lowest BCUT2D eigenvalue weighted by Gasteiger charge is -2.23. The molecule has 25 heavy (non-hydrogen) atoms. The Labute approximate surface area is 150 Å². The molecule has 2 N–H and O–H groups in total. The SMILES string of the molecule is CCOc1ccc(C(F)(F)F)cc1NC(=O)C1CC12CCNCC2.Cl. The van der Waals surface area contributed by atoms with Crippen molar-refractivity contribution >= 4 is 24.0 Å². The largest absolute Gasteiger partial charge is 0.492 e. The Morgan fingerprint density at radius 3 is 2.64 bits per heavy atom. The van der Waals surface area contributed by atoms with E-state index in [0.717, 1.165) is 44.5 Å². The number of anilines is 1. The first-order valence-corrected chi connectivity index (χ1v) is 8.21. The number of alkyl halides is 3. The van der Waals surface area contributed by atoms with Crippen LogP contribution in [0.15, 0.2) is 18.2 Å². The molecule has 4 nitrogen and oxygen atoms in total. The van der Waals surface area contributed by atoms with Gasteiger partial charge in [-0.25, -0.2) is 0 Å². The number of benzene rings is 1. The number of carbonyl (C=O) groups excluding carboxylic acids is 1. The number of rotatable bonds is 4. The van der Waals surface area contributed by atoms with E-state index in [9.17, 15) is 18.0 Å². The molecule has 0 aromatic heterocycles. The molecule has 1 amide bonds. The van der Waals surface area contributed by atoms with E-state index in [1.54, 1.807) is 6.92 Å². The minimum absolute atomic E-state index is 0. The van der Waals surface area contributed by atoms with Crippen LogP contribution >= 0.6 is 12.4 Å². The highest BCUT2D eigenvalue weighted by molar-refractivity contribution is 5.96. The Morgan fingerprint density at radius 1 is 1.36 bits per heavy atom. The molecule has 1 aliphatic carbocycles. The number of hydrogen-bond acceptors (Lipinski definition) is 3. The van der Waals surface area contributed by atoms with Crippen molar-refractivity contribution in [3.05, 3.63) is 23.8 Å². The van der Waals surface area contributed by atoms with Gasteiger partial charge in [-0.2, -0.15) is 13.2 Å². The summed E-state index contributed by atoms with van der Waals surface area (Å²) >= 11 is 0. The minimum Gasteiger partial charge on any atom is -0.492 e. The first-order chi connectivity index (χ1) is 11.4.